The third-order valence-electron chi connectivity index (χ3n) is 9.33. The standard InChI is InChI=1S/C45H40N2O5S/c48-41(49)31-39(43(51)52)46-42(50)40(47-44(33-19-7-1-8-20-33,34-21-9-2-10-22-34)35-23-11-3-12-24-35)32-53-45(36-25-13-4-14-26-36,37-27-15-5-16-28-37)38-29-17-6-18-30-38/h1-30,39-40,47H,31-32H2,(H,46,50)(H,48,49)(H,51,52)/t39-,40-/m0/s1. The zero-order valence-corrected chi connectivity index (χ0v) is 29.7. The molecule has 266 valence electrons. The molecule has 0 bridgehead atoms. The van der Waals surface area contributed by atoms with E-state index in [0.717, 1.165) is 33.4 Å². The van der Waals surface area contributed by atoms with Crippen molar-refractivity contribution in [3.05, 3.63) is 215 Å². The Balaban J connectivity index is 1.55. The Hall–Kier alpha value is -5.96. The number of thioether (sulfide) groups is 1. The van der Waals surface area contributed by atoms with Crippen LogP contribution < -0.4 is 10.6 Å². The molecule has 0 spiro atoms. The van der Waals surface area contributed by atoms with Crippen molar-refractivity contribution in [2.45, 2.75) is 28.8 Å². The van der Waals surface area contributed by atoms with Crippen LogP contribution in [0.4, 0.5) is 0 Å². The van der Waals surface area contributed by atoms with Crippen molar-refractivity contribution in [1.82, 2.24) is 10.6 Å². The molecular formula is C45H40N2O5S. The Morgan fingerprint density at radius 1 is 0.491 bits per heavy atom. The Morgan fingerprint density at radius 3 is 1.11 bits per heavy atom. The highest BCUT2D eigenvalue weighted by molar-refractivity contribution is 8.00. The molecule has 0 aliphatic carbocycles. The molecular weight excluding hydrogens is 681 g/mol. The molecule has 2 atom stereocenters. The highest BCUT2D eigenvalue weighted by Crippen LogP contribution is 2.49. The summed E-state index contributed by atoms with van der Waals surface area (Å²) in [7, 11) is 0. The predicted molar refractivity (Wildman–Crippen MR) is 210 cm³/mol. The van der Waals surface area contributed by atoms with Crippen molar-refractivity contribution in [1.29, 1.82) is 0 Å². The van der Waals surface area contributed by atoms with E-state index in [1.807, 2.05) is 146 Å². The number of nitrogens with one attached hydrogen (secondary N) is 2. The second-order valence-electron chi connectivity index (χ2n) is 12.6. The van der Waals surface area contributed by atoms with Crippen molar-refractivity contribution in [3.63, 3.8) is 0 Å². The highest BCUT2D eigenvalue weighted by Gasteiger charge is 2.43. The van der Waals surface area contributed by atoms with Gasteiger partial charge in [0, 0.05) is 5.75 Å². The third-order valence-corrected chi connectivity index (χ3v) is 11.0. The van der Waals surface area contributed by atoms with E-state index >= 15 is 0 Å². The Kier molecular flexibility index (Phi) is 11.8. The number of hydrogen-bond acceptors (Lipinski definition) is 5. The lowest BCUT2D eigenvalue weighted by atomic mass is 9.76. The number of rotatable bonds is 16. The molecule has 0 aliphatic rings. The summed E-state index contributed by atoms with van der Waals surface area (Å²) in [5.41, 5.74) is 4.49. The molecule has 0 aromatic heterocycles. The smallest absolute Gasteiger partial charge is 0.326 e. The van der Waals surface area contributed by atoms with Gasteiger partial charge in [-0.2, -0.15) is 0 Å². The largest absolute Gasteiger partial charge is 0.481 e. The lowest BCUT2D eigenvalue weighted by molar-refractivity contribution is -0.147. The summed E-state index contributed by atoms with van der Waals surface area (Å²) in [5.74, 6) is -3.25. The van der Waals surface area contributed by atoms with E-state index in [1.54, 1.807) is 11.8 Å². The summed E-state index contributed by atoms with van der Waals surface area (Å²) >= 11 is 1.55. The van der Waals surface area contributed by atoms with Gasteiger partial charge in [0.05, 0.1) is 22.7 Å². The van der Waals surface area contributed by atoms with Crippen molar-refractivity contribution in [3.8, 4) is 0 Å². The molecule has 4 N–H and O–H groups in total. The maximum atomic E-state index is 14.7. The second-order valence-corrected chi connectivity index (χ2v) is 13.9. The van der Waals surface area contributed by atoms with E-state index in [4.69, 9.17) is 0 Å². The number of hydrogen-bond donors (Lipinski definition) is 4. The topological polar surface area (TPSA) is 116 Å². The van der Waals surface area contributed by atoms with Crippen LogP contribution >= 0.6 is 11.8 Å². The lowest BCUT2D eigenvalue weighted by Crippen LogP contribution is -2.58. The fraction of sp³-hybridized carbons (Fsp3) is 0.133. The summed E-state index contributed by atoms with van der Waals surface area (Å²) in [6.07, 6.45) is -0.774. The first-order valence-electron chi connectivity index (χ1n) is 17.3. The Labute approximate surface area is 313 Å². The molecule has 6 aromatic rings. The first-order chi connectivity index (χ1) is 25.8. The van der Waals surface area contributed by atoms with Gasteiger partial charge in [-0.25, -0.2) is 4.79 Å². The van der Waals surface area contributed by atoms with Gasteiger partial charge in [-0.1, -0.05) is 182 Å². The van der Waals surface area contributed by atoms with Crippen LogP contribution in [-0.4, -0.2) is 45.9 Å². The van der Waals surface area contributed by atoms with E-state index in [-0.39, 0.29) is 5.75 Å². The van der Waals surface area contributed by atoms with Gasteiger partial charge in [0.25, 0.3) is 0 Å². The number of carbonyl (C=O) groups is 3. The molecule has 1 amide bonds. The molecule has 0 saturated carbocycles. The normalized spacial score (nSPS) is 12.7. The van der Waals surface area contributed by atoms with Gasteiger partial charge in [0.1, 0.15) is 6.04 Å². The van der Waals surface area contributed by atoms with E-state index in [2.05, 4.69) is 47.0 Å². The SMILES string of the molecule is O=C(O)C[C@H](NC(=O)[C@H](CSC(c1ccccc1)(c1ccccc1)c1ccccc1)NC(c1ccccc1)(c1ccccc1)c1ccccc1)C(=O)O. The van der Waals surface area contributed by atoms with Crippen LogP contribution in [0.15, 0.2) is 182 Å². The molecule has 6 aromatic carbocycles. The second kappa shape index (κ2) is 17.0. The van der Waals surface area contributed by atoms with Crippen LogP contribution in [0, 0.1) is 0 Å². The van der Waals surface area contributed by atoms with Crippen LogP contribution in [-0.2, 0) is 24.7 Å². The molecule has 6 rings (SSSR count). The average molecular weight is 721 g/mol. The minimum Gasteiger partial charge on any atom is -0.481 e. The summed E-state index contributed by atoms with van der Waals surface area (Å²) in [5, 5.41) is 25.9. The molecule has 0 saturated heterocycles. The van der Waals surface area contributed by atoms with Gasteiger partial charge in [-0.05, 0) is 33.4 Å². The third kappa shape index (κ3) is 8.09. The fourth-order valence-electron chi connectivity index (χ4n) is 6.88. The number of amides is 1. The van der Waals surface area contributed by atoms with Crippen LogP contribution in [0.1, 0.15) is 39.8 Å². The Morgan fingerprint density at radius 2 is 0.811 bits per heavy atom. The van der Waals surface area contributed by atoms with Gasteiger partial charge in [0.15, 0.2) is 0 Å². The molecule has 7 nitrogen and oxygen atoms in total. The van der Waals surface area contributed by atoms with Crippen molar-refractivity contribution >= 4 is 29.6 Å². The summed E-state index contributed by atoms with van der Waals surface area (Å²) in [6.45, 7) is 0. The summed E-state index contributed by atoms with van der Waals surface area (Å²) in [6, 6.07) is 57.1. The molecule has 0 radical (unpaired) electrons. The minimum atomic E-state index is -1.64. The predicted octanol–water partition coefficient (Wildman–Crippen LogP) is 7.71. The average Bonchev–Trinajstić information content (AvgIpc) is 3.21. The summed E-state index contributed by atoms with van der Waals surface area (Å²) < 4.78 is -0.799. The van der Waals surface area contributed by atoms with Gasteiger partial charge >= 0.3 is 11.9 Å². The number of benzene rings is 6. The zero-order chi connectivity index (χ0) is 37.1. The van der Waals surface area contributed by atoms with E-state index in [1.165, 1.54) is 0 Å². The molecule has 0 heterocycles. The molecule has 0 unspecified atom stereocenters. The van der Waals surface area contributed by atoms with E-state index in [0.29, 0.717) is 0 Å². The summed E-state index contributed by atoms with van der Waals surface area (Å²) in [4.78, 5) is 38.7. The molecule has 0 fully saturated rings. The number of carbonyl (C=O) groups excluding carboxylic acids is 1. The van der Waals surface area contributed by atoms with Crippen LogP contribution in [0.2, 0.25) is 0 Å². The maximum Gasteiger partial charge on any atom is 0.326 e. The zero-order valence-electron chi connectivity index (χ0n) is 28.9. The Bertz CT molecular complexity index is 1890. The van der Waals surface area contributed by atoms with Crippen LogP contribution in [0.3, 0.4) is 0 Å². The molecule has 8 heteroatoms. The molecule has 0 aliphatic heterocycles. The number of carboxylic acid groups (broad SMARTS) is 2. The first kappa shape index (κ1) is 36.8. The number of carboxylic acids is 2. The van der Waals surface area contributed by atoms with Gasteiger partial charge < -0.3 is 15.5 Å². The number of aliphatic carboxylic acids is 2. The van der Waals surface area contributed by atoms with Gasteiger partial charge in [0.2, 0.25) is 5.91 Å². The lowest BCUT2D eigenvalue weighted by Gasteiger charge is -2.41. The van der Waals surface area contributed by atoms with Crippen molar-refractivity contribution < 1.29 is 24.6 Å². The fourth-order valence-corrected chi connectivity index (χ4v) is 8.44. The van der Waals surface area contributed by atoms with Crippen molar-refractivity contribution in [2.75, 3.05) is 5.75 Å². The van der Waals surface area contributed by atoms with Crippen molar-refractivity contribution in [2.24, 2.45) is 0 Å². The highest BCUT2D eigenvalue weighted by atomic mass is 32.2. The van der Waals surface area contributed by atoms with Crippen LogP contribution in [0.5, 0.6) is 0 Å². The molecule has 53 heavy (non-hydrogen) atoms. The van der Waals surface area contributed by atoms with E-state index in [9.17, 15) is 24.6 Å². The van der Waals surface area contributed by atoms with Gasteiger partial charge in [-0.15, -0.1) is 11.8 Å². The van der Waals surface area contributed by atoms with Gasteiger partial charge in [-0.3, -0.25) is 14.9 Å². The quantitative estimate of drug-likeness (QED) is 0.0758. The maximum absolute atomic E-state index is 14.7. The van der Waals surface area contributed by atoms with Crippen LogP contribution in [0.25, 0.3) is 0 Å². The first-order valence-corrected chi connectivity index (χ1v) is 18.3. The van der Waals surface area contributed by atoms with E-state index < -0.39 is 46.6 Å². The monoisotopic (exact) mass is 720 g/mol. The minimum absolute atomic E-state index is 0.151.